The highest BCUT2D eigenvalue weighted by molar-refractivity contribution is 6.28. The van der Waals surface area contributed by atoms with Gasteiger partial charge in [-0.2, -0.15) is 0 Å². The van der Waals surface area contributed by atoms with Gasteiger partial charge in [0, 0.05) is 30.4 Å². The molecule has 4 rings (SSSR count). The second-order valence-corrected chi connectivity index (χ2v) is 6.08. The smallest absolute Gasteiger partial charge is 0.266 e. The molecule has 0 radical (unpaired) electrons. The van der Waals surface area contributed by atoms with E-state index >= 15 is 0 Å². The molecule has 0 unspecified atom stereocenters. The zero-order valence-electron chi connectivity index (χ0n) is 14.4. The van der Waals surface area contributed by atoms with Crippen molar-refractivity contribution in [3.63, 3.8) is 0 Å². The number of pyridine rings is 2. The lowest BCUT2D eigenvalue weighted by molar-refractivity contribution is -0.118. The van der Waals surface area contributed by atoms with Gasteiger partial charge in [-0.05, 0) is 41.5 Å². The van der Waals surface area contributed by atoms with Gasteiger partial charge in [0.05, 0.1) is 12.5 Å². The van der Waals surface area contributed by atoms with Gasteiger partial charge in [0.1, 0.15) is 5.82 Å². The van der Waals surface area contributed by atoms with Crippen LogP contribution in [0.5, 0.6) is 0 Å². The number of carbonyl (C=O) groups is 2. The highest BCUT2D eigenvalue weighted by Crippen LogP contribution is 2.31. The number of carbonyl (C=O) groups excluding carboxylic acids is 2. The summed E-state index contributed by atoms with van der Waals surface area (Å²) in [5, 5.41) is 0. The van der Waals surface area contributed by atoms with Crippen LogP contribution in [-0.2, 0) is 11.3 Å². The Morgan fingerprint density at radius 1 is 0.963 bits per heavy atom. The Hall–Kier alpha value is -3.67. The average Bonchev–Trinajstić information content (AvgIpc) is 2.72. The Morgan fingerprint density at radius 3 is 2.52 bits per heavy atom. The quantitative estimate of drug-likeness (QED) is 0.532. The van der Waals surface area contributed by atoms with E-state index in [9.17, 15) is 9.59 Å². The topological polar surface area (TPSA) is 75.5 Å². The molecule has 3 aromatic rings. The maximum absolute atomic E-state index is 13.1. The molecule has 1 aromatic carbocycles. The third-order valence-corrected chi connectivity index (χ3v) is 4.37. The lowest BCUT2D eigenvalue weighted by Gasteiger charge is -2.30. The van der Waals surface area contributed by atoms with Crippen molar-refractivity contribution >= 4 is 23.8 Å². The summed E-state index contributed by atoms with van der Waals surface area (Å²) in [5.74, 6) is -1.04. The number of hydrogen-bond donors (Lipinski definition) is 0. The van der Waals surface area contributed by atoms with E-state index in [0.29, 0.717) is 23.5 Å². The number of benzene rings is 1. The van der Waals surface area contributed by atoms with Gasteiger partial charge in [0.2, 0.25) is 5.91 Å². The van der Waals surface area contributed by atoms with Crippen molar-refractivity contribution in [2.75, 3.05) is 4.90 Å². The predicted molar refractivity (Wildman–Crippen MR) is 102 cm³/mol. The van der Waals surface area contributed by atoms with E-state index in [1.54, 1.807) is 61.2 Å². The van der Waals surface area contributed by atoms with Crippen LogP contribution < -0.4 is 4.90 Å². The molecule has 0 spiro atoms. The number of fused-ring (bicyclic) bond motifs is 1. The zero-order chi connectivity index (χ0) is 18.6. The molecule has 1 atom stereocenters. The van der Waals surface area contributed by atoms with Crippen LogP contribution in [0.25, 0.3) is 0 Å². The Kier molecular flexibility index (Phi) is 4.53. The molecule has 1 aliphatic heterocycles. The fourth-order valence-corrected chi connectivity index (χ4v) is 3.05. The zero-order valence-corrected chi connectivity index (χ0v) is 14.4. The van der Waals surface area contributed by atoms with Gasteiger partial charge in [-0.25, -0.2) is 9.88 Å². The molecule has 0 aliphatic carbocycles. The molecular formula is C21H16N4O2. The van der Waals surface area contributed by atoms with Crippen LogP contribution in [0.15, 0.2) is 78.2 Å². The molecule has 27 heavy (non-hydrogen) atoms. The Balaban J connectivity index is 1.70. The first-order chi connectivity index (χ1) is 13.3. The van der Waals surface area contributed by atoms with Crippen LogP contribution in [-0.4, -0.2) is 28.0 Å². The summed E-state index contributed by atoms with van der Waals surface area (Å²) < 4.78 is 0. The van der Waals surface area contributed by atoms with Gasteiger partial charge < -0.3 is 0 Å². The van der Waals surface area contributed by atoms with Crippen LogP contribution in [0.4, 0.5) is 5.82 Å². The maximum atomic E-state index is 13.1. The molecular weight excluding hydrogens is 340 g/mol. The van der Waals surface area contributed by atoms with Crippen molar-refractivity contribution in [2.24, 2.45) is 4.99 Å². The molecule has 6 heteroatoms. The van der Waals surface area contributed by atoms with Gasteiger partial charge in [-0.1, -0.05) is 24.3 Å². The van der Waals surface area contributed by atoms with Crippen LogP contribution in [0.3, 0.4) is 0 Å². The summed E-state index contributed by atoms with van der Waals surface area (Å²) in [5.41, 5.74) is 2.15. The van der Waals surface area contributed by atoms with Gasteiger partial charge >= 0.3 is 0 Å². The summed E-state index contributed by atoms with van der Waals surface area (Å²) >= 11 is 0. The first kappa shape index (κ1) is 16.8. The number of imide groups is 1. The summed E-state index contributed by atoms with van der Waals surface area (Å²) in [6, 6.07) is 16.0. The van der Waals surface area contributed by atoms with E-state index < -0.39 is 5.92 Å². The molecule has 3 heterocycles. The maximum Gasteiger partial charge on any atom is 0.266 e. The minimum Gasteiger partial charge on any atom is -0.292 e. The van der Waals surface area contributed by atoms with Crippen molar-refractivity contribution in [2.45, 2.75) is 12.5 Å². The second-order valence-electron chi connectivity index (χ2n) is 6.08. The number of aromatic nitrogens is 2. The van der Waals surface area contributed by atoms with E-state index in [4.69, 9.17) is 0 Å². The van der Waals surface area contributed by atoms with Crippen molar-refractivity contribution in [3.05, 3.63) is 89.9 Å². The van der Waals surface area contributed by atoms with Gasteiger partial charge in [-0.3, -0.25) is 19.6 Å². The van der Waals surface area contributed by atoms with Crippen LogP contribution in [0, 0.1) is 0 Å². The minimum absolute atomic E-state index is 0.314. The van der Waals surface area contributed by atoms with Crippen LogP contribution >= 0.6 is 0 Å². The third kappa shape index (κ3) is 3.25. The summed E-state index contributed by atoms with van der Waals surface area (Å²) in [6.07, 6.45) is 6.58. The van der Waals surface area contributed by atoms with E-state index in [2.05, 4.69) is 15.0 Å². The number of hydrogen-bond acceptors (Lipinski definition) is 5. The molecule has 0 N–H and O–H groups in total. The number of rotatable bonds is 4. The van der Waals surface area contributed by atoms with Gasteiger partial charge in [0.15, 0.2) is 0 Å². The summed E-state index contributed by atoms with van der Waals surface area (Å²) in [6.45, 7) is 0.437. The molecule has 0 bridgehead atoms. The molecule has 0 saturated carbocycles. The number of anilines is 1. The summed E-state index contributed by atoms with van der Waals surface area (Å²) in [4.78, 5) is 39.7. The summed E-state index contributed by atoms with van der Waals surface area (Å²) in [7, 11) is 0. The van der Waals surface area contributed by atoms with E-state index in [0.717, 1.165) is 10.5 Å². The normalized spacial score (nSPS) is 16.6. The fourth-order valence-electron chi connectivity index (χ4n) is 3.05. The number of nitrogens with zero attached hydrogens (tertiary/aromatic N) is 4. The van der Waals surface area contributed by atoms with Crippen molar-refractivity contribution in [1.82, 2.24) is 9.97 Å². The van der Waals surface area contributed by atoms with E-state index in [1.807, 2.05) is 18.2 Å². The first-order valence-electron chi connectivity index (χ1n) is 8.53. The molecule has 1 aliphatic rings. The Labute approximate surface area is 156 Å². The van der Waals surface area contributed by atoms with E-state index in [-0.39, 0.29) is 11.8 Å². The number of amides is 2. The Morgan fingerprint density at radius 2 is 1.74 bits per heavy atom. The SMILES string of the molecule is O=C1c2ccccc2[C@H](C=NCc2ccncc2)C(=O)N1c1ccccn1. The van der Waals surface area contributed by atoms with E-state index in [1.165, 1.54) is 0 Å². The second kappa shape index (κ2) is 7.29. The highest BCUT2D eigenvalue weighted by Gasteiger charge is 2.39. The van der Waals surface area contributed by atoms with Gasteiger partial charge in [-0.15, -0.1) is 0 Å². The standard InChI is InChI=1S/C21H16N4O2/c26-20-17-6-2-1-5-16(17)18(14-23-13-15-8-11-22-12-9-15)21(27)25(20)19-7-3-4-10-24-19/h1-12,14,18H,13H2/t18-/m0/s1. The average molecular weight is 356 g/mol. The first-order valence-corrected chi connectivity index (χ1v) is 8.53. The minimum atomic E-state index is -0.636. The molecule has 2 amide bonds. The molecule has 132 valence electrons. The fraction of sp³-hybridized carbons (Fsp3) is 0.0952. The van der Waals surface area contributed by atoms with Crippen molar-refractivity contribution in [3.8, 4) is 0 Å². The highest BCUT2D eigenvalue weighted by atomic mass is 16.2. The third-order valence-electron chi connectivity index (χ3n) is 4.37. The molecule has 0 fully saturated rings. The molecule has 6 nitrogen and oxygen atoms in total. The van der Waals surface area contributed by atoms with Crippen molar-refractivity contribution in [1.29, 1.82) is 0 Å². The van der Waals surface area contributed by atoms with Gasteiger partial charge in [0.25, 0.3) is 5.91 Å². The van der Waals surface area contributed by atoms with Crippen molar-refractivity contribution < 1.29 is 9.59 Å². The lowest BCUT2D eigenvalue weighted by Crippen LogP contribution is -2.45. The number of aliphatic imine (C=N–C) groups is 1. The predicted octanol–water partition coefficient (Wildman–Crippen LogP) is 3.02. The Bertz CT molecular complexity index is 1000. The monoisotopic (exact) mass is 356 g/mol. The van der Waals surface area contributed by atoms with Crippen LogP contribution in [0.1, 0.15) is 27.4 Å². The largest absolute Gasteiger partial charge is 0.292 e. The molecule has 0 saturated heterocycles. The lowest BCUT2D eigenvalue weighted by atomic mass is 9.89. The van der Waals surface area contributed by atoms with Crippen LogP contribution in [0.2, 0.25) is 0 Å². The molecule has 2 aromatic heterocycles.